The molecule has 1 N–H and O–H groups in total. The molecule has 1 aromatic heterocycles. The minimum absolute atomic E-state index is 0.0505. The Balaban J connectivity index is 1.71. The number of nitrogens with one attached hydrogen (secondary N) is 1. The van der Waals surface area contributed by atoms with Gasteiger partial charge in [-0.05, 0) is 30.5 Å². The number of furan rings is 1. The van der Waals surface area contributed by atoms with E-state index in [1.807, 2.05) is 36.4 Å². The highest BCUT2D eigenvalue weighted by molar-refractivity contribution is 5.88. The SMILES string of the molecule is O=C(NCc1ccco1)C1CCCCC(=O)N1Cc1ccccc1. The van der Waals surface area contributed by atoms with Crippen LogP contribution < -0.4 is 5.32 Å². The summed E-state index contributed by atoms with van der Waals surface area (Å²) in [6, 6.07) is 13.0. The van der Waals surface area contributed by atoms with Gasteiger partial charge in [0.1, 0.15) is 11.8 Å². The molecule has 1 unspecified atom stereocenters. The maximum absolute atomic E-state index is 12.6. The zero-order chi connectivity index (χ0) is 16.8. The lowest BCUT2D eigenvalue weighted by atomic mass is 10.1. The fraction of sp³-hybridized carbons (Fsp3) is 0.368. The number of hydrogen-bond acceptors (Lipinski definition) is 3. The standard InChI is InChI=1S/C19H22N2O3/c22-18-11-5-4-10-17(19(23)20-13-16-9-6-12-24-16)21(18)14-15-7-2-1-3-8-15/h1-3,6-9,12,17H,4-5,10-11,13-14H2,(H,20,23). The summed E-state index contributed by atoms with van der Waals surface area (Å²) >= 11 is 0. The van der Waals surface area contributed by atoms with Crippen molar-refractivity contribution < 1.29 is 14.0 Å². The third-order valence-electron chi connectivity index (χ3n) is 4.33. The van der Waals surface area contributed by atoms with Crippen LogP contribution in [0.2, 0.25) is 0 Å². The molecule has 2 amide bonds. The highest BCUT2D eigenvalue weighted by Crippen LogP contribution is 2.21. The monoisotopic (exact) mass is 326 g/mol. The summed E-state index contributed by atoms with van der Waals surface area (Å²) in [5.74, 6) is 0.644. The first kappa shape index (κ1) is 16.3. The maximum Gasteiger partial charge on any atom is 0.243 e. The molecule has 1 aromatic carbocycles. The second-order valence-corrected chi connectivity index (χ2v) is 6.07. The summed E-state index contributed by atoms with van der Waals surface area (Å²) in [6.45, 7) is 0.814. The molecule has 0 spiro atoms. The number of nitrogens with zero attached hydrogens (tertiary/aromatic N) is 1. The second kappa shape index (κ2) is 7.81. The number of rotatable bonds is 5. The van der Waals surface area contributed by atoms with Gasteiger partial charge in [0, 0.05) is 13.0 Å². The Labute approximate surface area is 141 Å². The van der Waals surface area contributed by atoms with Crippen LogP contribution in [0.25, 0.3) is 0 Å². The van der Waals surface area contributed by atoms with Crippen LogP contribution >= 0.6 is 0 Å². The molecule has 1 fully saturated rings. The molecular formula is C19H22N2O3. The van der Waals surface area contributed by atoms with Gasteiger partial charge in [-0.3, -0.25) is 9.59 Å². The number of carbonyl (C=O) groups excluding carboxylic acids is 2. The molecule has 0 radical (unpaired) electrons. The van der Waals surface area contributed by atoms with E-state index in [0.29, 0.717) is 31.7 Å². The summed E-state index contributed by atoms with van der Waals surface area (Å²) in [7, 11) is 0. The van der Waals surface area contributed by atoms with Gasteiger partial charge in [0.25, 0.3) is 0 Å². The summed E-state index contributed by atoms with van der Waals surface area (Å²) in [5.41, 5.74) is 1.04. The van der Waals surface area contributed by atoms with Crippen molar-refractivity contribution in [2.45, 2.75) is 44.8 Å². The molecule has 1 aliphatic rings. The van der Waals surface area contributed by atoms with Gasteiger partial charge in [-0.15, -0.1) is 0 Å². The predicted molar refractivity (Wildman–Crippen MR) is 89.8 cm³/mol. The van der Waals surface area contributed by atoms with Gasteiger partial charge in [-0.25, -0.2) is 0 Å². The van der Waals surface area contributed by atoms with E-state index in [0.717, 1.165) is 18.4 Å². The van der Waals surface area contributed by atoms with Crippen molar-refractivity contribution in [3.05, 3.63) is 60.1 Å². The summed E-state index contributed by atoms with van der Waals surface area (Å²) in [5, 5.41) is 2.89. The van der Waals surface area contributed by atoms with Crippen molar-refractivity contribution >= 4 is 11.8 Å². The van der Waals surface area contributed by atoms with Crippen LogP contribution in [0.15, 0.2) is 53.1 Å². The van der Waals surface area contributed by atoms with Crippen LogP contribution in [0.3, 0.4) is 0 Å². The Hall–Kier alpha value is -2.56. The average Bonchev–Trinajstić information content (AvgIpc) is 3.06. The lowest BCUT2D eigenvalue weighted by Crippen LogP contribution is -2.48. The number of amides is 2. The van der Waals surface area contributed by atoms with E-state index < -0.39 is 6.04 Å². The summed E-state index contributed by atoms with van der Waals surface area (Å²) < 4.78 is 5.24. The van der Waals surface area contributed by atoms with E-state index in [-0.39, 0.29) is 11.8 Å². The first-order valence-corrected chi connectivity index (χ1v) is 8.37. The van der Waals surface area contributed by atoms with E-state index in [1.54, 1.807) is 17.2 Å². The van der Waals surface area contributed by atoms with Crippen molar-refractivity contribution in [3.63, 3.8) is 0 Å². The van der Waals surface area contributed by atoms with Gasteiger partial charge in [0.15, 0.2) is 0 Å². The van der Waals surface area contributed by atoms with Crippen LogP contribution in [0, 0.1) is 0 Å². The Kier molecular flexibility index (Phi) is 5.31. The molecule has 24 heavy (non-hydrogen) atoms. The van der Waals surface area contributed by atoms with Gasteiger partial charge in [0.2, 0.25) is 11.8 Å². The highest BCUT2D eigenvalue weighted by Gasteiger charge is 2.31. The fourth-order valence-electron chi connectivity index (χ4n) is 3.04. The number of hydrogen-bond donors (Lipinski definition) is 1. The number of carbonyl (C=O) groups is 2. The van der Waals surface area contributed by atoms with Gasteiger partial charge >= 0.3 is 0 Å². The van der Waals surface area contributed by atoms with Crippen LogP contribution in [-0.2, 0) is 22.7 Å². The molecular weight excluding hydrogens is 304 g/mol. The quantitative estimate of drug-likeness (QED) is 0.919. The predicted octanol–water partition coefficient (Wildman–Crippen LogP) is 2.87. The Morgan fingerprint density at radius 3 is 2.75 bits per heavy atom. The maximum atomic E-state index is 12.6. The van der Waals surface area contributed by atoms with Crippen LogP contribution in [0.1, 0.15) is 37.0 Å². The molecule has 1 saturated heterocycles. The van der Waals surface area contributed by atoms with E-state index in [4.69, 9.17) is 4.42 Å². The molecule has 2 aromatic rings. The van der Waals surface area contributed by atoms with Gasteiger partial charge < -0.3 is 14.6 Å². The number of likely N-dealkylation sites (tertiary alicyclic amines) is 1. The first-order chi connectivity index (χ1) is 11.7. The molecule has 5 heteroatoms. The summed E-state index contributed by atoms with van der Waals surface area (Å²) in [4.78, 5) is 26.9. The largest absolute Gasteiger partial charge is 0.467 e. The topological polar surface area (TPSA) is 62.6 Å². The highest BCUT2D eigenvalue weighted by atomic mass is 16.3. The van der Waals surface area contributed by atoms with Crippen LogP contribution in [0.5, 0.6) is 0 Å². The van der Waals surface area contributed by atoms with Crippen molar-refractivity contribution in [1.29, 1.82) is 0 Å². The average molecular weight is 326 g/mol. The van der Waals surface area contributed by atoms with Crippen molar-refractivity contribution in [1.82, 2.24) is 10.2 Å². The normalized spacial score (nSPS) is 18.2. The third kappa shape index (κ3) is 4.04. The molecule has 126 valence electrons. The van der Waals surface area contributed by atoms with Crippen molar-refractivity contribution in [2.75, 3.05) is 0 Å². The molecule has 0 aliphatic carbocycles. The van der Waals surface area contributed by atoms with E-state index in [1.165, 1.54) is 0 Å². The van der Waals surface area contributed by atoms with E-state index in [2.05, 4.69) is 5.32 Å². The number of benzene rings is 1. The smallest absolute Gasteiger partial charge is 0.243 e. The molecule has 1 aliphatic heterocycles. The van der Waals surface area contributed by atoms with Gasteiger partial charge in [-0.1, -0.05) is 36.8 Å². The molecule has 3 rings (SSSR count). The third-order valence-corrected chi connectivity index (χ3v) is 4.33. The minimum atomic E-state index is -0.421. The molecule has 1 atom stereocenters. The zero-order valence-electron chi connectivity index (χ0n) is 13.6. The lowest BCUT2D eigenvalue weighted by Gasteiger charge is -2.29. The molecule has 0 saturated carbocycles. The van der Waals surface area contributed by atoms with Crippen LogP contribution in [-0.4, -0.2) is 22.8 Å². The molecule has 0 bridgehead atoms. The minimum Gasteiger partial charge on any atom is -0.467 e. The Morgan fingerprint density at radius 1 is 1.17 bits per heavy atom. The lowest BCUT2D eigenvalue weighted by molar-refractivity contribution is -0.140. The fourth-order valence-corrected chi connectivity index (χ4v) is 3.04. The zero-order valence-corrected chi connectivity index (χ0v) is 13.6. The van der Waals surface area contributed by atoms with E-state index in [9.17, 15) is 9.59 Å². The van der Waals surface area contributed by atoms with E-state index >= 15 is 0 Å². The second-order valence-electron chi connectivity index (χ2n) is 6.07. The summed E-state index contributed by atoms with van der Waals surface area (Å²) in [6.07, 6.45) is 4.51. The van der Waals surface area contributed by atoms with Crippen molar-refractivity contribution in [2.24, 2.45) is 0 Å². The van der Waals surface area contributed by atoms with Gasteiger partial charge in [0.05, 0.1) is 12.8 Å². The molecule has 5 nitrogen and oxygen atoms in total. The Morgan fingerprint density at radius 2 is 2.00 bits per heavy atom. The molecule has 2 heterocycles. The van der Waals surface area contributed by atoms with Gasteiger partial charge in [-0.2, -0.15) is 0 Å². The first-order valence-electron chi connectivity index (χ1n) is 8.37. The Bertz CT molecular complexity index is 667. The van der Waals surface area contributed by atoms with Crippen molar-refractivity contribution in [3.8, 4) is 0 Å². The van der Waals surface area contributed by atoms with Crippen LogP contribution in [0.4, 0.5) is 0 Å².